The van der Waals surface area contributed by atoms with Gasteiger partial charge in [-0.15, -0.1) is 0 Å². The molecule has 0 amide bonds. The molecular formula is C10H13Cl2NOS. The van der Waals surface area contributed by atoms with Gasteiger partial charge in [-0.1, -0.05) is 30.1 Å². The highest BCUT2D eigenvalue weighted by Crippen LogP contribution is 2.25. The number of hydrogen-bond donors (Lipinski definition) is 1. The Morgan fingerprint density at radius 2 is 2.13 bits per heavy atom. The van der Waals surface area contributed by atoms with Gasteiger partial charge in [0.1, 0.15) is 5.15 Å². The first-order valence-electron chi connectivity index (χ1n) is 4.60. The molecule has 2 nitrogen and oxygen atoms in total. The van der Waals surface area contributed by atoms with E-state index in [-0.39, 0.29) is 11.4 Å². The van der Waals surface area contributed by atoms with Crippen LogP contribution in [0.25, 0.3) is 0 Å². The average molecular weight is 266 g/mol. The van der Waals surface area contributed by atoms with Crippen molar-refractivity contribution in [3.63, 3.8) is 0 Å². The quantitative estimate of drug-likeness (QED) is 0.848. The first-order chi connectivity index (χ1) is 7.00. The molecule has 0 aromatic carbocycles. The molecule has 1 aromatic rings. The van der Waals surface area contributed by atoms with Crippen molar-refractivity contribution >= 4 is 35.0 Å². The average Bonchev–Trinajstić information content (AvgIpc) is 2.15. The molecule has 0 saturated heterocycles. The van der Waals surface area contributed by atoms with E-state index in [1.54, 1.807) is 30.9 Å². The monoisotopic (exact) mass is 265 g/mol. The summed E-state index contributed by atoms with van der Waals surface area (Å²) in [6.07, 6.45) is 1.35. The van der Waals surface area contributed by atoms with Crippen molar-refractivity contribution in [2.45, 2.75) is 31.0 Å². The van der Waals surface area contributed by atoms with Crippen LogP contribution in [0.3, 0.4) is 0 Å². The largest absolute Gasteiger partial charge is 0.392 e. The smallest absolute Gasteiger partial charge is 0.130 e. The molecule has 0 radical (unpaired) electrons. The fourth-order valence-corrected chi connectivity index (χ4v) is 2.37. The van der Waals surface area contributed by atoms with Crippen LogP contribution in [0.1, 0.15) is 19.4 Å². The topological polar surface area (TPSA) is 33.1 Å². The summed E-state index contributed by atoms with van der Waals surface area (Å²) in [4.78, 5) is 3.97. The minimum atomic E-state index is -0.325. The van der Waals surface area contributed by atoms with E-state index in [4.69, 9.17) is 23.2 Å². The number of rotatable bonds is 4. The Balaban J connectivity index is 2.58. The van der Waals surface area contributed by atoms with Crippen LogP contribution in [0.5, 0.6) is 0 Å². The first-order valence-corrected chi connectivity index (χ1v) is 6.40. The zero-order chi connectivity index (χ0) is 11.4. The number of halogens is 2. The van der Waals surface area contributed by atoms with E-state index in [1.165, 1.54) is 0 Å². The molecule has 1 N–H and O–H groups in total. The Kier molecular flexibility index (Phi) is 5.19. The first kappa shape index (κ1) is 13.1. The zero-order valence-corrected chi connectivity index (χ0v) is 10.9. The van der Waals surface area contributed by atoms with Crippen LogP contribution >= 0.6 is 35.0 Å². The van der Waals surface area contributed by atoms with E-state index in [9.17, 15) is 5.11 Å². The van der Waals surface area contributed by atoms with E-state index in [0.29, 0.717) is 10.2 Å². The lowest BCUT2D eigenvalue weighted by molar-refractivity contribution is 0.196. The number of pyridine rings is 1. The molecule has 0 aliphatic carbocycles. The van der Waals surface area contributed by atoms with E-state index in [2.05, 4.69) is 4.98 Å². The van der Waals surface area contributed by atoms with E-state index < -0.39 is 0 Å². The highest BCUT2D eigenvalue weighted by Gasteiger charge is 2.10. The summed E-state index contributed by atoms with van der Waals surface area (Å²) < 4.78 is 0. The molecule has 0 spiro atoms. The second-order valence-corrected chi connectivity index (χ2v) is 5.52. The van der Waals surface area contributed by atoms with Crippen molar-refractivity contribution in [1.29, 1.82) is 0 Å². The maximum Gasteiger partial charge on any atom is 0.130 e. The molecule has 1 heterocycles. The second kappa shape index (κ2) is 5.94. The third kappa shape index (κ3) is 4.19. The van der Waals surface area contributed by atoms with Crippen LogP contribution in [0.15, 0.2) is 12.3 Å². The molecule has 2 atom stereocenters. The van der Waals surface area contributed by atoms with Gasteiger partial charge in [0.15, 0.2) is 0 Å². The van der Waals surface area contributed by atoms with Gasteiger partial charge in [0, 0.05) is 22.2 Å². The van der Waals surface area contributed by atoms with Gasteiger partial charge in [-0.2, -0.15) is 11.8 Å². The van der Waals surface area contributed by atoms with Crippen LogP contribution in [0.2, 0.25) is 10.2 Å². The molecular weight excluding hydrogens is 253 g/mol. The third-order valence-corrected chi connectivity index (χ3v) is 4.03. The molecule has 15 heavy (non-hydrogen) atoms. The summed E-state index contributed by atoms with van der Waals surface area (Å²) in [6, 6.07) is 1.63. The Morgan fingerprint density at radius 1 is 1.47 bits per heavy atom. The molecule has 84 valence electrons. The van der Waals surface area contributed by atoms with Crippen LogP contribution in [-0.4, -0.2) is 21.4 Å². The highest BCUT2D eigenvalue weighted by atomic mass is 35.5. The molecule has 0 bridgehead atoms. The molecule has 0 saturated carbocycles. The summed E-state index contributed by atoms with van der Waals surface area (Å²) in [6.45, 7) is 3.76. The van der Waals surface area contributed by atoms with E-state index in [0.717, 1.165) is 11.3 Å². The Bertz CT molecular complexity index is 333. The maximum atomic E-state index is 9.32. The van der Waals surface area contributed by atoms with Crippen molar-refractivity contribution in [2.24, 2.45) is 0 Å². The van der Waals surface area contributed by atoms with Crippen molar-refractivity contribution < 1.29 is 5.11 Å². The van der Waals surface area contributed by atoms with E-state index >= 15 is 0 Å². The second-order valence-electron chi connectivity index (χ2n) is 3.36. The summed E-state index contributed by atoms with van der Waals surface area (Å²) in [5, 5.41) is 10.5. The van der Waals surface area contributed by atoms with E-state index in [1.807, 2.05) is 6.92 Å². The number of aromatic nitrogens is 1. The van der Waals surface area contributed by atoms with Crippen molar-refractivity contribution in [2.75, 3.05) is 0 Å². The van der Waals surface area contributed by atoms with Crippen LogP contribution in [0, 0.1) is 0 Å². The van der Waals surface area contributed by atoms with Crippen LogP contribution < -0.4 is 0 Å². The molecule has 0 fully saturated rings. The Morgan fingerprint density at radius 3 is 2.67 bits per heavy atom. The predicted molar refractivity (Wildman–Crippen MR) is 66.7 cm³/mol. The van der Waals surface area contributed by atoms with Crippen molar-refractivity contribution in [1.82, 2.24) is 4.98 Å². The van der Waals surface area contributed by atoms with Gasteiger partial charge in [0.05, 0.1) is 6.10 Å². The molecule has 0 aliphatic rings. The Labute approximate surface area is 104 Å². The van der Waals surface area contributed by atoms with Gasteiger partial charge < -0.3 is 5.11 Å². The molecule has 1 aromatic heterocycles. The number of nitrogens with zero attached hydrogens (tertiary/aromatic N) is 1. The number of hydrogen-bond acceptors (Lipinski definition) is 3. The minimum absolute atomic E-state index is 0.178. The predicted octanol–water partition coefficient (Wildman–Crippen LogP) is 3.39. The summed E-state index contributed by atoms with van der Waals surface area (Å²) in [5.41, 5.74) is 0.943. The van der Waals surface area contributed by atoms with Crippen LogP contribution in [0.4, 0.5) is 0 Å². The summed E-state index contributed by atoms with van der Waals surface area (Å²) in [7, 11) is 0. The lowest BCUT2D eigenvalue weighted by Crippen LogP contribution is -2.15. The highest BCUT2D eigenvalue weighted by molar-refractivity contribution is 7.99. The lowest BCUT2D eigenvalue weighted by atomic mass is 10.3. The molecule has 1 rings (SSSR count). The van der Waals surface area contributed by atoms with Crippen molar-refractivity contribution in [3.8, 4) is 0 Å². The van der Waals surface area contributed by atoms with Gasteiger partial charge in [0.25, 0.3) is 0 Å². The fourth-order valence-electron chi connectivity index (χ4n) is 0.902. The normalized spacial score (nSPS) is 15.0. The minimum Gasteiger partial charge on any atom is -0.392 e. The number of aliphatic hydroxyl groups excluding tert-OH is 1. The van der Waals surface area contributed by atoms with Crippen LogP contribution in [-0.2, 0) is 5.75 Å². The van der Waals surface area contributed by atoms with Gasteiger partial charge in [0.2, 0.25) is 0 Å². The SMILES string of the molecule is CC(O)C(C)SCc1cnc(Cl)cc1Cl. The Hall–Kier alpha value is 0.0400. The standard InChI is InChI=1S/C10H13Cl2NOS/c1-6(14)7(2)15-5-8-4-13-10(12)3-9(8)11/h3-4,6-7,14H,5H2,1-2H3. The van der Waals surface area contributed by atoms with Gasteiger partial charge >= 0.3 is 0 Å². The van der Waals surface area contributed by atoms with Crippen molar-refractivity contribution in [3.05, 3.63) is 28.0 Å². The number of thioether (sulfide) groups is 1. The fraction of sp³-hybridized carbons (Fsp3) is 0.500. The van der Waals surface area contributed by atoms with Gasteiger partial charge in [-0.05, 0) is 18.6 Å². The summed E-state index contributed by atoms with van der Waals surface area (Å²) in [5.74, 6) is 0.731. The molecule has 2 unspecified atom stereocenters. The number of aliphatic hydroxyl groups is 1. The molecule has 5 heteroatoms. The van der Waals surface area contributed by atoms with Gasteiger partial charge in [-0.3, -0.25) is 0 Å². The maximum absolute atomic E-state index is 9.32. The third-order valence-electron chi connectivity index (χ3n) is 2.08. The molecule has 0 aliphatic heterocycles. The summed E-state index contributed by atoms with van der Waals surface area (Å²) >= 11 is 13.3. The lowest BCUT2D eigenvalue weighted by Gasteiger charge is -2.14. The van der Waals surface area contributed by atoms with Gasteiger partial charge in [-0.25, -0.2) is 4.98 Å². The zero-order valence-electron chi connectivity index (χ0n) is 8.58.